The van der Waals surface area contributed by atoms with Crippen molar-refractivity contribution in [3.8, 4) is 0 Å². The van der Waals surface area contributed by atoms with Gasteiger partial charge in [-0.25, -0.2) is 17.9 Å². The molecule has 2 atom stereocenters. The molecule has 1 saturated carbocycles. The third kappa shape index (κ3) is 3.25. The minimum absolute atomic E-state index is 0. The number of urea groups is 1. The number of rotatable bonds is 2. The van der Waals surface area contributed by atoms with Crippen LogP contribution < -0.4 is 4.72 Å². The van der Waals surface area contributed by atoms with Gasteiger partial charge in [-0.3, -0.25) is 0 Å². The van der Waals surface area contributed by atoms with E-state index in [-0.39, 0.29) is 10.4 Å². The van der Waals surface area contributed by atoms with Crippen molar-refractivity contribution in [2.75, 3.05) is 13.1 Å². The van der Waals surface area contributed by atoms with Crippen molar-refractivity contribution in [2.24, 2.45) is 11.8 Å². The van der Waals surface area contributed by atoms with Gasteiger partial charge in [-0.1, -0.05) is 24.1 Å². The maximum atomic E-state index is 12.2. The van der Waals surface area contributed by atoms with Crippen LogP contribution in [0, 0.1) is 18.8 Å². The van der Waals surface area contributed by atoms with E-state index in [4.69, 9.17) is 0 Å². The zero-order valence-corrected chi connectivity index (χ0v) is 13.4. The number of fused-ring (bicyclic) bond motifs is 1. The zero-order valence-electron chi connectivity index (χ0n) is 12.6. The van der Waals surface area contributed by atoms with Crippen molar-refractivity contribution >= 4 is 16.1 Å². The molecule has 2 fully saturated rings. The Morgan fingerprint density at radius 2 is 1.68 bits per heavy atom. The van der Waals surface area contributed by atoms with Gasteiger partial charge in [0, 0.05) is 13.1 Å². The zero-order chi connectivity index (χ0) is 15.0. The fraction of sp³-hybridized carbons (Fsp3) is 0.533. The lowest BCUT2D eigenvalue weighted by Gasteiger charge is -2.18. The monoisotopic (exact) mass is 326 g/mol. The van der Waals surface area contributed by atoms with E-state index in [1.807, 2.05) is 6.92 Å². The first kappa shape index (κ1) is 16.8. The highest BCUT2D eigenvalue weighted by Crippen LogP contribution is 2.37. The Kier molecular flexibility index (Phi) is 4.77. The van der Waals surface area contributed by atoms with Crippen molar-refractivity contribution < 1.29 is 18.7 Å². The number of carbonyl (C=O) groups is 1. The molecule has 6 nitrogen and oxygen atoms in total. The van der Waals surface area contributed by atoms with Gasteiger partial charge in [-0.2, -0.15) is 0 Å². The molecule has 0 spiro atoms. The number of aryl methyl sites for hydroxylation is 1. The SMILES string of the molecule is Cc1ccc(S(=O)(=O)NC(=O)N2CC3CCCC3C2)cc1.O. The van der Waals surface area contributed by atoms with Crippen LogP contribution >= 0.6 is 0 Å². The molecule has 1 saturated heterocycles. The molecular formula is C15H22N2O4S. The third-order valence-electron chi connectivity index (χ3n) is 4.57. The average Bonchev–Trinajstić information content (AvgIpc) is 2.99. The van der Waals surface area contributed by atoms with Crippen LogP contribution in [0.1, 0.15) is 24.8 Å². The minimum atomic E-state index is -3.78. The number of amides is 2. The van der Waals surface area contributed by atoms with Gasteiger partial charge in [0.15, 0.2) is 0 Å². The van der Waals surface area contributed by atoms with Crippen LogP contribution in [0.5, 0.6) is 0 Å². The van der Waals surface area contributed by atoms with Crippen LogP contribution in [-0.2, 0) is 10.0 Å². The molecule has 1 heterocycles. The van der Waals surface area contributed by atoms with Gasteiger partial charge in [-0.15, -0.1) is 0 Å². The largest absolute Gasteiger partial charge is 0.412 e. The molecule has 22 heavy (non-hydrogen) atoms. The van der Waals surface area contributed by atoms with Crippen molar-refractivity contribution in [3.05, 3.63) is 29.8 Å². The summed E-state index contributed by atoms with van der Waals surface area (Å²) in [6.07, 6.45) is 3.53. The molecule has 1 aromatic rings. The maximum absolute atomic E-state index is 12.2. The number of sulfonamides is 1. The van der Waals surface area contributed by atoms with Gasteiger partial charge in [0.1, 0.15) is 0 Å². The summed E-state index contributed by atoms with van der Waals surface area (Å²) in [4.78, 5) is 13.9. The highest BCUT2D eigenvalue weighted by Gasteiger charge is 2.38. The van der Waals surface area contributed by atoms with Crippen LogP contribution in [0.15, 0.2) is 29.2 Å². The van der Waals surface area contributed by atoms with Crippen LogP contribution in [-0.4, -0.2) is 37.9 Å². The Labute approximate surface area is 130 Å². The second-order valence-corrected chi connectivity index (χ2v) is 7.76. The standard InChI is InChI=1S/C15H20N2O3S.H2O/c1-11-5-7-14(8-6-11)21(19,20)16-15(18)17-9-12-3-2-4-13(12)10-17;/h5-8,12-13H,2-4,9-10H2,1H3,(H,16,18);1H2. The van der Waals surface area contributed by atoms with Gasteiger partial charge in [-0.05, 0) is 43.7 Å². The number of carbonyl (C=O) groups excluding carboxylic acids is 1. The Hall–Kier alpha value is -1.60. The van der Waals surface area contributed by atoms with Gasteiger partial charge >= 0.3 is 6.03 Å². The highest BCUT2D eigenvalue weighted by molar-refractivity contribution is 7.90. The summed E-state index contributed by atoms with van der Waals surface area (Å²) in [6.45, 7) is 3.25. The van der Waals surface area contributed by atoms with E-state index in [1.54, 1.807) is 17.0 Å². The van der Waals surface area contributed by atoms with Crippen molar-refractivity contribution in [1.29, 1.82) is 0 Å². The molecule has 0 aromatic heterocycles. The van der Waals surface area contributed by atoms with Gasteiger partial charge in [0.2, 0.25) is 0 Å². The molecule has 2 aliphatic rings. The summed E-state index contributed by atoms with van der Waals surface area (Å²) in [7, 11) is -3.78. The first-order valence-corrected chi connectivity index (χ1v) is 8.82. The molecule has 2 amide bonds. The van der Waals surface area contributed by atoms with Crippen molar-refractivity contribution in [2.45, 2.75) is 31.1 Å². The summed E-state index contributed by atoms with van der Waals surface area (Å²) in [5, 5.41) is 0. The van der Waals surface area contributed by atoms with E-state index in [9.17, 15) is 13.2 Å². The first-order chi connectivity index (χ1) is 9.95. The summed E-state index contributed by atoms with van der Waals surface area (Å²) in [6, 6.07) is 5.98. The summed E-state index contributed by atoms with van der Waals surface area (Å²) >= 11 is 0. The first-order valence-electron chi connectivity index (χ1n) is 7.34. The predicted octanol–water partition coefficient (Wildman–Crippen LogP) is 1.30. The van der Waals surface area contributed by atoms with Crippen LogP contribution in [0.4, 0.5) is 4.79 Å². The van der Waals surface area contributed by atoms with Crippen LogP contribution in [0.3, 0.4) is 0 Å². The summed E-state index contributed by atoms with van der Waals surface area (Å²) in [5.41, 5.74) is 0.979. The van der Waals surface area contributed by atoms with E-state index in [0.717, 1.165) is 18.4 Å². The minimum Gasteiger partial charge on any atom is -0.412 e. The van der Waals surface area contributed by atoms with E-state index in [1.165, 1.54) is 18.6 Å². The molecule has 1 aliphatic heterocycles. The van der Waals surface area contributed by atoms with Gasteiger partial charge < -0.3 is 10.4 Å². The molecule has 1 aromatic carbocycles. The van der Waals surface area contributed by atoms with Crippen molar-refractivity contribution in [1.82, 2.24) is 9.62 Å². The smallest absolute Gasteiger partial charge is 0.331 e. The fourth-order valence-corrected chi connectivity index (χ4v) is 4.33. The molecule has 3 N–H and O–H groups in total. The number of hydrogen-bond acceptors (Lipinski definition) is 3. The lowest BCUT2D eigenvalue weighted by molar-refractivity contribution is 0.211. The quantitative estimate of drug-likeness (QED) is 0.887. The lowest BCUT2D eigenvalue weighted by atomic mass is 10.0. The molecule has 2 unspecified atom stereocenters. The molecule has 1 aliphatic carbocycles. The predicted molar refractivity (Wildman–Crippen MR) is 82.9 cm³/mol. The van der Waals surface area contributed by atoms with Gasteiger partial charge in [0.25, 0.3) is 10.0 Å². The Bertz CT molecular complexity index is 630. The molecule has 3 rings (SSSR count). The highest BCUT2D eigenvalue weighted by atomic mass is 32.2. The average molecular weight is 326 g/mol. The summed E-state index contributed by atoms with van der Waals surface area (Å²) in [5.74, 6) is 1.11. The number of likely N-dealkylation sites (tertiary alicyclic amines) is 1. The van der Waals surface area contributed by atoms with Gasteiger partial charge in [0.05, 0.1) is 4.90 Å². The topological polar surface area (TPSA) is 98.0 Å². The number of nitrogens with one attached hydrogen (secondary N) is 1. The number of nitrogens with zero attached hydrogens (tertiary/aromatic N) is 1. The maximum Gasteiger partial charge on any atom is 0.331 e. The van der Waals surface area contributed by atoms with Crippen LogP contribution in [0.2, 0.25) is 0 Å². The second kappa shape index (κ2) is 6.26. The Morgan fingerprint density at radius 1 is 1.14 bits per heavy atom. The molecular weight excluding hydrogens is 304 g/mol. The molecule has 7 heteroatoms. The van der Waals surface area contributed by atoms with Crippen molar-refractivity contribution in [3.63, 3.8) is 0 Å². The number of hydrogen-bond donors (Lipinski definition) is 1. The lowest BCUT2D eigenvalue weighted by Crippen LogP contribution is -2.42. The van der Waals surface area contributed by atoms with Crippen LogP contribution in [0.25, 0.3) is 0 Å². The fourth-order valence-electron chi connectivity index (χ4n) is 3.36. The molecule has 0 bridgehead atoms. The second-order valence-electron chi connectivity index (χ2n) is 6.08. The Balaban J connectivity index is 0.00000176. The Morgan fingerprint density at radius 3 is 2.23 bits per heavy atom. The van der Waals surface area contributed by atoms with E-state index >= 15 is 0 Å². The summed E-state index contributed by atoms with van der Waals surface area (Å²) < 4.78 is 26.6. The number of benzene rings is 1. The molecule has 122 valence electrons. The van der Waals surface area contributed by atoms with E-state index in [2.05, 4.69) is 4.72 Å². The third-order valence-corrected chi connectivity index (χ3v) is 5.90. The normalized spacial score (nSPS) is 23.8. The van der Waals surface area contributed by atoms with E-state index < -0.39 is 16.1 Å². The molecule has 0 radical (unpaired) electrons. The van der Waals surface area contributed by atoms with E-state index in [0.29, 0.717) is 24.9 Å².